The summed E-state index contributed by atoms with van der Waals surface area (Å²) in [5, 5.41) is 14.3. The second-order valence-corrected chi connectivity index (χ2v) is 9.73. The summed E-state index contributed by atoms with van der Waals surface area (Å²) in [7, 11) is 0. The monoisotopic (exact) mass is 472 g/mol. The number of Topliss-reactive ketones (excluding diaryl/α,β-unsaturated/α-hetero) is 1. The van der Waals surface area contributed by atoms with Crippen LogP contribution in [0.1, 0.15) is 27.5 Å². The van der Waals surface area contributed by atoms with Crippen molar-refractivity contribution in [2.24, 2.45) is 5.92 Å². The van der Waals surface area contributed by atoms with E-state index in [1.807, 2.05) is 24.3 Å². The van der Waals surface area contributed by atoms with Crippen molar-refractivity contribution in [3.05, 3.63) is 99.9 Å². The normalized spacial score (nSPS) is 27.4. The molecule has 2 aromatic carbocycles. The third-order valence-corrected chi connectivity index (χ3v) is 8.25. The van der Waals surface area contributed by atoms with Crippen LogP contribution in [-0.2, 0) is 10.3 Å². The van der Waals surface area contributed by atoms with Crippen LogP contribution >= 0.6 is 11.8 Å². The number of rotatable bonds is 4. The number of benzene rings is 2. The van der Waals surface area contributed by atoms with Gasteiger partial charge in [0.15, 0.2) is 5.78 Å². The number of nitro groups is 1. The smallest absolute Gasteiger partial charge is 0.269 e. The Labute approximate surface area is 199 Å². The van der Waals surface area contributed by atoms with E-state index in [0.717, 1.165) is 16.9 Å². The number of carbonyl (C=O) groups excluding carboxylic acids is 2. The zero-order chi connectivity index (χ0) is 23.4. The maximum atomic E-state index is 14.2. The Hall–Kier alpha value is -3.56. The van der Waals surface area contributed by atoms with Gasteiger partial charge >= 0.3 is 0 Å². The number of nitro benzene ring substituents is 1. The quantitative estimate of drug-likeness (QED) is 0.350. The predicted molar refractivity (Wildman–Crippen MR) is 128 cm³/mol. The Balaban J connectivity index is 1.59. The minimum atomic E-state index is -1.17. The fraction of sp³-hybridized carbons (Fsp3) is 0.240. The van der Waals surface area contributed by atoms with Gasteiger partial charge in [-0.05, 0) is 23.8 Å². The number of para-hydroxylation sites is 1. The van der Waals surface area contributed by atoms with Crippen molar-refractivity contribution in [1.29, 1.82) is 0 Å². The summed E-state index contributed by atoms with van der Waals surface area (Å²) in [6.07, 6.45) is 1.58. The summed E-state index contributed by atoms with van der Waals surface area (Å²) in [5.74, 6) is -0.108. The third kappa shape index (κ3) is 2.80. The van der Waals surface area contributed by atoms with Gasteiger partial charge in [0.1, 0.15) is 11.2 Å². The summed E-state index contributed by atoms with van der Waals surface area (Å²) in [6.45, 7) is 0. The van der Waals surface area contributed by atoms with Crippen LogP contribution in [0.2, 0.25) is 0 Å². The van der Waals surface area contributed by atoms with Crippen LogP contribution in [0.25, 0.3) is 0 Å². The highest BCUT2D eigenvalue weighted by Crippen LogP contribution is 2.61. The molecule has 4 unspecified atom stereocenters. The zero-order valence-electron chi connectivity index (χ0n) is 18.0. The zero-order valence-corrected chi connectivity index (χ0v) is 18.8. The van der Waals surface area contributed by atoms with Crippen LogP contribution in [-0.4, -0.2) is 44.2 Å². The van der Waals surface area contributed by atoms with E-state index < -0.39 is 16.4 Å². The number of pyridine rings is 1. The molecule has 0 aliphatic carbocycles. The molecule has 2 saturated heterocycles. The number of ketones is 1. The number of anilines is 1. The Morgan fingerprint density at radius 3 is 2.62 bits per heavy atom. The van der Waals surface area contributed by atoms with Gasteiger partial charge in [-0.1, -0.05) is 36.4 Å². The molecular weight excluding hydrogens is 452 g/mol. The van der Waals surface area contributed by atoms with Crippen LogP contribution in [0.15, 0.2) is 72.9 Å². The van der Waals surface area contributed by atoms with Crippen LogP contribution < -0.4 is 5.32 Å². The first kappa shape index (κ1) is 21.0. The van der Waals surface area contributed by atoms with E-state index in [4.69, 9.17) is 0 Å². The number of thioether (sulfide) groups is 1. The second-order valence-electron chi connectivity index (χ2n) is 8.73. The molecule has 2 fully saturated rings. The van der Waals surface area contributed by atoms with E-state index in [2.05, 4.69) is 15.2 Å². The number of hydrogen-bond acceptors (Lipinski definition) is 7. The van der Waals surface area contributed by atoms with Gasteiger partial charge in [0.2, 0.25) is 5.91 Å². The van der Waals surface area contributed by atoms with Gasteiger partial charge in [-0.3, -0.25) is 29.6 Å². The van der Waals surface area contributed by atoms with Crippen molar-refractivity contribution in [3.8, 4) is 0 Å². The molecule has 1 aromatic heterocycles. The molecule has 9 heteroatoms. The number of nitrogens with zero attached hydrogens (tertiary/aromatic N) is 3. The summed E-state index contributed by atoms with van der Waals surface area (Å²) in [5.41, 5.74) is 1.45. The Morgan fingerprint density at radius 2 is 1.88 bits per heavy atom. The highest BCUT2D eigenvalue weighted by atomic mass is 32.2. The number of non-ortho nitro benzene ring substituents is 1. The first-order valence-electron chi connectivity index (χ1n) is 11.0. The van der Waals surface area contributed by atoms with Crippen molar-refractivity contribution >= 4 is 34.8 Å². The molecule has 1 spiro atoms. The molecule has 1 N–H and O–H groups in total. The van der Waals surface area contributed by atoms with Crippen LogP contribution in [0.5, 0.6) is 0 Å². The first-order chi connectivity index (χ1) is 16.5. The molecule has 1 amide bonds. The standard InChI is InChI=1S/C25H20N4O4S/c30-23(19-7-3-4-12-26-19)22-21(15-8-10-16(11-9-15)29(32)33)20-13-34-14-28(20)25(22)17-5-1-2-6-18(17)27-24(25)31/h1-12,20-22H,13-14H2,(H,27,31). The highest BCUT2D eigenvalue weighted by molar-refractivity contribution is 7.99. The van der Waals surface area contributed by atoms with E-state index in [9.17, 15) is 19.7 Å². The lowest BCUT2D eigenvalue weighted by Gasteiger charge is -2.36. The molecule has 3 aromatic rings. The number of aromatic nitrogens is 1. The van der Waals surface area contributed by atoms with E-state index >= 15 is 0 Å². The molecule has 0 saturated carbocycles. The van der Waals surface area contributed by atoms with Crippen molar-refractivity contribution < 1.29 is 14.5 Å². The Kier molecular flexibility index (Phi) is 4.79. The molecule has 8 nitrogen and oxygen atoms in total. The molecule has 0 bridgehead atoms. The van der Waals surface area contributed by atoms with E-state index in [1.165, 1.54) is 12.1 Å². The summed E-state index contributed by atoms with van der Waals surface area (Å²) < 4.78 is 0. The maximum absolute atomic E-state index is 14.2. The molecular formula is C25H20N4O4S. The van der Waals surface area contributed by atoms with Gasteiger partial charge < -0.3 is 5.32 Å². The third-order valence-electron chi connectivity index (χ3n) is 7.22. The van der Waals surface area contributed by atoms with Crippen molar-refractivity contribution in [1.82, 2.24) is 9.88 Å². The molecule has 3 aliphatic rings. The van der Waals surface area contributed by atoms with Gasteiger partial charge in [0.05, 0.1) is 10.8 Å². The minimum Gasteiger partial charge on any atom is -0.324 e. The molecule has 3 aliphatic heterocycles. The molecule has 170 valence electrons. The number of fused-ring (bicyclic) bond motifs is 4. The molecule has 4 atom stereocenters. The van der Waals surface area contributed by atoms with Crippen LogP contribution in [0.4, 0.5) is 11.4 Å². The largest absolute Gasteiger partial charge is 0.324 e. The molecule has 0 radical (unpaired) electrons. The first-order valence-corrected chi connectivity index (χ1v) is 12.1. The van der Waals surface area contributed by atoms with E-state index in [1.54, 1.807) is 48.3 Å². The number of carbonyl (C=O) groups is 2. The fourth-order valence-corrected chi connectivity index (χ4v) is 7.22. The van der Waals surface area contributed by atoms with Gasteiger partial charge in [-0.2, -0.15) is 0 Å². The summed E-state index contributed by atoms with van der Waals surface area (Å²) in [6, 6.07) is 19.0. The highest BCUT2D eigenvalue weighted by Gasteiger charge is 2.69. The lowest BCUT2D eigenvalue weighted by Crippen LogP contribution is -2.52. The Bertz CT molecular complexity index is 1320. The van der Waals surface area contributed by atoms with Crippen molar-refractivity contribution in [2.75, 3.05) is 16.9 Å². The lowest BCUT2D eigenvalue weighted by atomic mass is 9.70. The van der Waals surface area contributed by atoms with Crippen LogP contribution in [0, 0.1) is 16.0 Å². The van der Waals surface area contributed by atoms with E-state index in [0.29, 0.717) is 17.3 Å². The van der Waals surface area contributed by atoms with Gasteiger partial charge in [-0.25, -0.2) is 0 Å². The predicted octanol–water partition coefficient (Wildman–Crippen LogP) is 3.81. The SMILES string of the molecule is O=C(c1ccccn1)C1C(c2ccc([N+](=O)[O-])cc2)C2CSCN2C12C(=O)Nc1ccccc12. The average Bonchev–Trinajstić information content (AvgIpc) is 3.52. The van der Waals surface area contributed by atoms with Gasteiger partial charge in [0, 0.05) is 53.2 Å². The maximum Gasteiger partial charge on any atom is 0.269 e. The molecule has 6 rings (SSSR count). The van der Waals surface area contributed by atoms with Crippen molar-refractivity contribution in [2.45, 2.75) is 17.5 Å². The van der Waals surface area contributed by atoms with Crippen LogP contribution in [0.3, 0.4) is 0 Å². The minimum absolute atomic E-state index is 0.00864. The molecule has 4 heterocycles. The summed E-state index contributed by atoms with van der Waals surface area (Å²) >= 11 is 1.73. The number of hydrogen-bond donors (Lipinski definition) is 1. The number of nitrogens with one attached hydrogen (secondary N) is 1. The van der Waals surface area contributed by atoms with Gasteiger partial charge in [-0.15, -0.1) is 11.8 Å². The molecule has 34 heavy (non-hydrogen) atoms. The van der Waals surface area contributed by atoms with Crippen molar-refractivity contribution in [3.63, 3.8) is 0 Å². The summed E-state index contributed by atoms with van der Waals surface area (Å²) in [4.78, 5) is 45.3. The topological polar surface area (TPSA) is 105 Å². The van der Waals surface area contributed by atoms with E-state index in [-0.39, 0.29) is 29.3 Å². The van der Waals surface area contributed by atoms with Gasteiger partial charge in [0.25, 0.3) is 5.69 Å². The Morgan fingerprint density at radius 1 is 1.12 bits per heavy atom. The average molecular weight is 473 g/mol. The second kappa shape index (κ2) is 7.75. The number of amides is 1. The lowest BCUT2D eigenvalue weighted by molar-refractivity contribution is -0.384. The fourth-order valence-electron chi connectivity index (χ4n) is 5.89.